The van der Waals surface area contributed by atoms with Gasteiger partial charge < -0.3 is 9.47 Å². The smallest absolute Gasteiger partial charge is 0.188 e. The van der Waals surface area contributed by atoms with Gasteiger partial charge >= 0.3 is 0 Å². The summed E-state index contributed by atoms with van der Waals surface area (Å²) in [6.07, 6.45) is 2.43. The van der Waals surface area contributed by atoms with E-state index in [9.17, 15) is 0 Å². The van der Waals surface area contributed by atoms with Gasteiger partial charge in [0.1, 0.15) is 5.75 Å². The van der Waals surface area contributed by atoms with Gasteiger partial charge in [-0.3, -0.25) is 0 Å². The molecule has 5 heteroatoms. The molecule has 0 atom stereocenters. The molecule has 0 radical (unpaired) electrons. The number of rotatable bonds is 6. The van der Waals surface area contributed by atoms with E-state index in [1.165, 1.54) is 28.9 Å². The zero-order chi connectivity index (χ0) is 22.5. The van der Waals surface area contributed by atoms with E-state index >= 15 is 0 Å². The van der Waals surface area contributed by atoms with Crippen LogP contribution in [-0.2, 0) is 4.74 Å². The minimum atomic E-state index is 0.262. The normalized spacial score (nSPS) is 14.3. The van der Waals surface area contributed by atoms with E-state index in [4.69, 9.17) is 9.47 Å². The monoisotopic (exact) mass is 495 g/mol. The van der Waals surface area contributed by atoms with Gasteiger partial charge in [-0.1, -0.05) is 57.5 Å². The largest absolute Gasteiger partial charge is 0.466 e. The summed E-state index contributed by atoms with van der Waals surface area (Å²) in [6.45, 7) is 14.7. The molecule has 0 bridgehead atoms. The van der Waals surface area contributed by atoms with Crippen LogP contribution in [-0.4, -0.2) is 31.3 Å². The quantitative estimate of drug-likeness (QED) is 0.298. The summed E-state index contributed by atoms with van der Waals surface area (Å²) >= 11 is 5.47. The van der Waals surface area contributed by atoms with Crippen molar-refractivity contribution in [3.8, 4) is 5.75 Å². The zero-order valence-corrected chi connectivity index (χ0v) is 22.0. The fraction of sp³-hybridized carbons (Fsp3) is 0.520. The predicted molar refractivity (Wildman–Crippen MR) is 135 cm³/mol. The fourth-order valence-electron chi connectivity index (χ4n) is 3.41. The number of nitrogens with zero attached hydrogens (tertiary/aromatic N) is 1. The van der Waals surface area contributed by atoms with Gasteiger partial charge in [-0.05, 0) is 83.7 Å². The Balaban J connectivity index is 0.00000106. The van der Waals surface area contributed by atoms with Gasteiger partial charge in [0.15, 0.2) is 6.79 Å². The molecule has 30 heavy (non-hydrogen) atoms. The van der Waals surface area contributed by atoms with Crippen LogP contribution in [0.5, 0.6) is 5.75 Å². The van der Waals surface area contributed by atoms with Gasteiger partial charge in [-0.25, -0.2) is 4.31 Å². The number of piperidine rings is 1. The molecule has 1 saturated heterocycles. The molecule has 0 unspecified atom stereocenters. The van der Waals surface area contributed by atoms with Crippen molar-refractivity contribution in [1.29, 1.82) is 0 Å². The van der Waals surface area contributed by atoms with Gasteiger partial charge in [0.25, 0.3) is 0 Å². The van der Waals surface area contributed by atoms with E-state index in [1.54, 1.807) is 7.11 Å². The van der Waals surface area contributed by atoms with Crippen molar-refractivity contribution in [2.45, 2.75) is 65.2 Å². The van der Waals surface area contributed by atoms with Crippen LogP contribution < -0.4 is 4.74 Å². The van der Waals surface area contributed by atoms with Gasteiger partial charge in [0.05, 0.1) is 4.47 Å². The molecule has 168 valence electrons. The lowest BCUT2D eigenvalue weighted by Crippen LogP contribution is -2.27. The van der Waals surface area contributed by atoms with Crippen molar-refractivity contribution in [2.75, 3.05) is 27.0 Å². The van der Waals surface area contributed by atoms with Crippen molar-refractivity contribution in [2.24, 2.45) is 0 Å². The van der Waals surface area contributed by atoms with Crippen LogP contribution in [0.25, 0.3) is 0 Å². The Morgan fingerprint density at radius 2 is 1.70 bits per heavy atom. The lowest BCUT2D eigenvalue weighted by Gasteiger charge is -2.31. The molecule has 2 aromatic rings. The molecule has 0 aromatic heterocycles. The van der Waals surface area contributed by atoms with Crippen LogP contribution in [0.4, 0.5) is 0 Å². The SMILES string of the molecule is CC.CC.COCOc1c(C)cc(SN2CCC(c3cccc(C)c3)CC2)cc1Br. The molecule has 1 aliphatic rings. The molecule has 0 saturated carbocycles. The average Bonchev–Trinajstić information content (AvgIpc) is 2.77. The molecule has 2 aromatic carbocycles. The highest BCUT2D eigenvalue weighted by atomic mass is 79.9. The van der Waals surface area contributed by atoms with E-state index in [2.05, 4.69) is 70.5 Å². The second kappa shape index (κ2) is 14.9. The molecule has 0 amide bonds. The highest BCUT2D eigenvalue weighted by Crippen LogP contribution is 2.37. The number of hydrogen-bond donors (Lipinski definition) is 0. The number of ether oxygens (including phenoxy) is 2. The minimum absolute atomic E-state index is 0.262. The van der Waals surface area contributed by atoms with E-state index in [1.807, 2.05) is 39.6 Å². The maximum absolute atomic E-state index is 5.64. The second-order valence-electron chi connectivity index (χ2n) is 6.81. The van der Waals surface area contributed by atoms with E-state index in [0.29, 0.717) is 5.92 Å². The van der Waals surface area contributed by atoms with Gasteiger partial charge in [-0.15, -0.1) is 0 Å². The first kappa shape index (κ1) is 27.0. The summed E-state index contributed by atoms with van der Waals surface area (Å²) in [5, 5.41) is 0. The van der Waals surface area contributed by atoms with E-state index < -0.39 is 0 Å². The standard InChI is InChI=1S/C21H26BrNO2S.2C2H6/c1-15-5-4-6-18(11-15)17-7-9-23(10-8-17)26-19-12-16(2)21(20(22)13-19)25-14-24-3;2*1-2/h4-6,11-13,17H,7-10,14H2,1-3H3;2*1-2H3. The van der Waals surface area contributed by atoms with Crippen LogP contribution in [0.3, 0.4) is 0 Å². The van der Waals surface area contributed by atoms with Gasteiger partial charge in [-0.2, -0.15) is 0 Å². The van der Waals surface area contributed by atoms with Crippen LogP contribution in [0.15, 0.2) is 45.8 Å². The van der Waals surface area contributed by atoms with E-state index in [0.717, 1.165) is 28.9 Å². The van der Waals surface area contributed by atoms with Crippen LogP contribution >= 0.6 is 27.9 Å². The number of methoxy groups -OCH3 is 1. The third-order valence-electron chi connectivity index (χ3n) is 4.73. The summed E-state index contributed by atoms with van der Waals surface area (Å²) < 4.78 is 14.1. The molecule has 0 N–H and O–H groups in total. The van der Waals surface area contributed by atoms with Crippen LogP contribution in [0.1, 0.15) is 63.1 Å². The number of aryl methyl sites for hydroxylation is 2. The van der Waals surface area contributed by atoms with Crippen molar-refractivity contribution in [1.82, 2.24) is 4.31 Å². The van der Waals surface area contributed by atoms with E-state index in [-0.39, 0.29) is 6.79 Å². The molecular weight excluding hydrogens is 458 g/mol. The van der Waals surface area contributed by atoms with Crippen LogP contribution in [0.2, 0.25) is 0 Å². The maximum Gasteiger partial charge on any atom is 0.188 e. The summed E-state index contributed by atoms with van der Waals surface area (Å²) in [5.41, 5.74) is 3.97. The number of halogens is 1. The van der Waals surface area contributed by atoms with Gasteiger partial charge in [0.2, 0.25) is 0 Å². The maximum atomic E-state index is 5.64. The van der Waals surface area contributed by atoms with Crippen molar-refractivity contribution >= 4 is 27.9 Å². The van der Waals surface area contributed by atoms with Crippen molar-refractivity contribution in [3.05, 3.63) is 57.6 Å². The molecule has 0 spiro atoms. The third-order valence-corrected chi connectivity index (χ3v) is 6.38. The molecule has 1 fully saturated rings. The Hall–Kier alpha value is -1.01. The van der Waals surface area contributed by atoms with Crippen LogP contribution in [0, 0.1) is 13.8 Å². The number of hydrogen-bond acceptors (Lipinski definition) is 4. The summed E-state index contributed by atoms with van der Waals surface area (Å²) in [6, 6.07) is 13.3. The lowest BCUT2D eigenvalue weighted by molar-refractivity contribution is 0.0500. The first-order valence-electron chi connectivity index (χ1n) is 11.0. The Bertz CT molecular complexity index is 723. The summed E-state index contributed by atoms with van der Waals surface area (Å²) in [7, 11) is 1.63. The molecule has 1 aliphatic heterocycles. The summed E-state index contributed by atoms with van der Waals surface area (Å²) in [4.78, 5) is 1.24. The topological polar surface area (TPSA) is 21.7 Å². The van der Waals surface area contributed by atoms with Crippen molar-refractivity contribution in [3.63, 3.8) is 0 Å². The van der Waals surface area contributed by atoms with Gasteiger partial charge in [0, 0.05) is 25.1 Å². The molecule has 3 rings (SSSR count). The third kappa shape index (κ3) is 8.26. The summed E-state index contributed by atoms with van der Waals surface area (Å²) in [5.74, 6) is 1.54. The predicted octanol–water partition coefficient (Wildman–Crippen LogP) is 7.99. The van der Waals surface area contributed by atoms with Crippen molar-refractivity contribution < 1.29 is 9.47 Å². The molecule has 1 heterocycles. The second-order valence-corrected chi connectivity index (χ2v) is 8.84. The first-order chi connectivity index (χ1) is 14.6. The highest BCUT2D eigenvalue weighted by molar-refractivity contribution is 9.10. The first-order valence-corrected chi connectivity index (χ1v) is 12.5. The highest BCUT2D eigenvalue weighted by Gasteiger charge is 2.22. The lowest BCUT2D eigenvalue weighted by atomic mass is 9.89. The molecule has 0 aliphatic carbocycles. The minimum Gasteiger partial charge on any atom is -0.466 e. The Kier molecular flexibility index (Phi) is 13.4. The number of benzene rings is 2. The molecule has 3 nitrogen and oxygen atoms in total. The molecular formula is C25H38BrNO2S. The fourth-order valence-corrected chi connectivity index (χ4v) is 5.32. The Labute approximate surface area is 196 Å². The Morgan fingerprint density at radius 3 is 2.27 bits per heavy atom. The average molecular weight is 497 g/mol. The Morgan fingerprint density at radius 1 is 1.03 bits per heavy atom. The zero-order valence-electron chi connectivity index (χ0n) is 19.6.